The van der Waals surface area contributed by atoms with Crippen molar-refractivity contribution in [3.05, 3.63) is 71.2 Å². The van der Waals surface area contributed by atoms with Gasteiger partial charge < -0.3 is 9.84 Å². The molecule has 1 aliphatic heterocycles. The number of hydrogen-bond donors (Lipinski definition) is 1. The quantitative estimate of drug-likeness (QED) is 0.689. The van der Waals surface area contributed by atoms with Crippen LogP contribution in [0.2, 0.25) is 0 Å². The number of rotatable bonds is 5. The van der Waals surface area contributed by atoms with Crippen LogP contribution >= 0.6 is 0 Å². The molecule has 5 nitrogen and oxygen atoms in total. The molecule has 0 bridgehead atoms. The van der Waals surface area contributed by atoms with Crippen molar-refractivity contribution in [3.8, 4) is 22.8 Å². The second-order valence-electron chi connectivity index (χ2n) is 8.30. The fourth-order valence-corrected chi connectivity index (χ4v) is 4.19. The Bertz CT molecular complexity index is 1030. The molecule has 0 radical (unpaired) electrons. The number of nitrogens with zero attached hydrogens (tertiary/aromatic N) is 3. The van der Waals surface area contributed by atoms with Gasteiger partial charge in [0.2, 0.25) is 0 Å². The van der Waals surface area contributed by atoms with Gasteiger partial charge in [-0.3, -0.25) is 4.90 Å². The lowest BCUT2D eigenvalue weighted by molar-refractivity contribution is 0.279. The number of benzene rings is 2. The maximum atomic E-state index is 9.70. The summed E-state index contributed by atoms with van der Waals surface area (Å²) in [5, 5.41) is 9.70. The van der Waals surface area contributed by atoms with Gasteiger partial charge in [-0.2, -0.15) is 0 Å². The Morgan fingerprint density at radius 3 is 2.40 bits per heavy atom. The van der Waals surface area contributed by atoms with Crippen molar-refractivity contribution in [2.75, 3.05) is 20.2 Å². The highest BCUT2D eigenvalue weighted by atomic mass is 16.5. The van der Waals surface area contributed by atoms with E-state index in [9.17, 15) is 5.11 Å². The van der Waals surface area contributed by atoms with E-state index in [1.54, 1.807) is 19.2 Å². The van der Waals surface area contributed by atoms with Gasteiger partial charge in [0.15, 0.2) is 0 Å². The van der Waals surface area contributed by atoms with Crippen LogP contribution in [0.15, 0.2) is 48.5 Å². The normalized spacial score (nSPS) is 16.7. The molecule has 0 saturated heterocycles. The van der Waals surface area contributed by atoms with Crippen molar-refractivity contribution in [3.63, 3.8) is 0 Å². The van der Waals surface area contributed by atoms with Crippen LogP contribution in [0, 0.1) is 0 Å². The summed E-state index contributed by atoms with van der Waals surface area (Å²) >= 11 is 0. The molecule has 0 amide bonds. The molecule has 154 valence electrons. The Hall–Kier alpha value is -2.92. The smallest absolute Gasteiger partial charge is 0.132 e. The zero-order chi connectivity index (χ0) is 20.5. The predicted molar refractivity (Wildman–Crippen MR) is 117 cm³/mol. The van der Waals surface area contributed by atoms with Crippen LogP contribution in [0.1, 0.15) is 41.4 Å². The maximum Gasteiger partial charge on any atom is 0.132 e. The minimum absolute atomic E-state index is 0.284. The van der Waals surface area contributed by atoms with Crippen molar-refractivity contribution in [2.45, 2.75) is 38.1 Å². The second kappa shape index (κ2) is 8.07. The number of ether oxygens (including phenoxy) is 1. The van der Waals surface area contributed by atoms with Gasteiger partial charge in [0, 0.05) is 48.8 Å². The van der Waals surface area contributed by atoms with Gasteiger partial charge in [0.25, 0.3) is 0 Å². The predicted octanol–water partition coefficient (Wildman–Crippen LogP) is 4.34. The van der Waals surface area contributed by atoms with Crippen molar-refractivity contribution in [1.82, 2.24) is 14.9 Å². The zero-order valence-corrected chi connectivity index (χ0v) is 17.3. The van der Waals surface area contributed by atoms with Gasteiger partial charge in [0.05, 0.1) is 12.8 Å². The lowest BCUT2D eigenvalue weighted by Crippen LogP contribution is -2.25. The number of fused-ring (bicyclic) bond motifs is 1. The van der Waals surface area contributed by atoms with Crippen LogP contribution in [0.5, 0.6) is 11.5 Å². The third-order valence-electron chi connectivity index (χ3n) is 6.10. The molecule has 2 aliphatic rings. The number of phenols is 1. The number of methoxy groups -OCH3 is 1. The molecule has 1 aromatic heterocycles. The summed E-state index contributed by atoms with van der Waals surface area (Å²) < 4.78 is 5.28. The molecule has 1 saturated carbocycles. The van der Waals surface area contributed by atoms with E-state index in [2.05, 4.69) is 17.0 Å². The van der Waals surface area contributed by atoms with E-state index in [0.717, 1.165) is 55.3 Å². The van der Waals surface area contributed by atoms with E-state index < -0.39 is 0 Å². The number of hydrogen-bond acceptors (Lipinski definition) is 5. The molecule has 1 aliphatic carbocycles. The molecule has 0 spiro atoms. The highest BCUT2D eigenvalue weighted by Gasteiger charge is 2.29. The topological polar surface area (TPSA) is 58.5 Å². The molecule has 5 heteroatoms. The van der Waals surface area contributed by atoms with E-state index >= 15 is 0 Å². The van der Waals surface area contributed by atoms with Gasteiger partial charge in [-0.15, -0.1) is 0 Å². The molecular formula is C25H27N3O2. The Labute approximate surface area is 177 Å². The first-order valence-corrected chi connectivity index (χ1v) is 10.7. The van der Waals surface area contributed by atoms with Crippen molar-refractivity contribution in [2.24, 2.45) is 0 Å². The van der Waals surface area contributed by atoms with E-state index in [1.165, 1.54) is 29.7 Å². The fourth-order valence-electron chi connectivity index (χ4n) is 4.19. The SMILES string of the molecule is COc1ccc(CN2CCc3nc(C4CC4)nc(-c4ccc(O)cc4)c3CC2)cc1. The van der Waals surface area contributed by atoms with Gasteiger partial charge in [-0.25, -0.2) is 9.97 Å². The Morgan fingerprint density at radius 2 is 1.70 bits per heavy atom. The standard InChI is InChI=1S/C25H27N3O2/c1-30-21-10-2-17(3-11-21)16-28-14-12-22-23(13-15-28)26-25(19-4-5-19)27-24(22)18-6-8-20(29)9-7-18/h2-3,6-11,19,29H,4-5,12-16H2,1H3. The maximum absolute atomic E-state index is 9.70. The molecule has 0 atom stereocenters. The van der Waals surface area contributed by atoms with Crippen molar-refractivity contribution < 1.29 is 9.84 Å². The van der Waals surface area contributed by atoms with E-state index in [-0.39, 0.29) is 5.75 Å². The summed E-state index contributed by atoms with van der Waals surface area (Å²) in [5.74, 6) is 2.70. The van der Waals surface area contributed by atoms with Crippen LogP contribution in [-0.4, -0.2) is 40.2 Å². The minimum Gasteiger partial charge on any atom is -0.508 e. The molecular weight excluding hydrogens is 374 g/mol. The summed E-state index contributed by atoms with van der Waals surface area (Å²) in [6.07, 6.45) is 4.26. The minimum atomic E-state index is 0.284. The monoisotopic (exact) mass is 401 g/mol. The van der Waals surface area contributed by atoms with Gasteiger partial charge >= 0.3 is 0 Å². The van der Waals surface area contributed by atoms with Gasteiger partial charge in [0.1, 0.15) is 17.3 Å². The average molecular weight is 402 g/mol. The van der Waals surface area contributed by atoms with E-state index in [0.29, 0.717) is 5.92 Å². The molecule has 2 heterocycles. The van der Waals surface area contributed by atoms with E-state index in [4.69, 9.17) is 14.7 Å². The number of aromatic hydroxyl groups is 1. The van der Waals surface area contributed by atoms with Gasteiger partial charge in [-0.1, -0.05) is 12.1 Å². The first kappa shape index (κ1) is 19.1. The summed E-state index contributed by atoms with van der Waals surface area (Å²) in [5.41, 5.74) is 5.88. The number of aromatic nitrogens is 2. The molecule has 3 aromatic rings. The fraction of sp³-hybridized carbons (Fsp3) is 0.360. The second-order valence-corrected chi connectivity index (χ2v) is 8.30. The van der Waals surface area contributed by atoms with Gasteiger partial charge in [-0.05, 0) is 61.2 Å². The Kier molecular flexibility index (Phi) is 5.13. The summed E-state index contributed by atoms with van der Waals surface area (Å²) in [7, 11) is 1.70. The molecule has 1 N–H and O–H groups in total. The molecule has 0 unspecified atom stereocenters. The summed E-state index contributed by atoms with van der Waals surface area (Å²) in [4.78, 5) is 12.5. The van der Waals surface area contributed by atoms with Crippen LogP contribution in [0.25, 0.3) is 11.3 Å². The summed E-state index contributed by atoms with van der Waals surface area (Å²) in [6, 6.07) is 15.8. The molecule has 5 rings (SSSR count). The van der Waals surface area contributed by atoms with E-state index in [1.807, 2.05) is 24.3 Å². The highest BCUT2D eigenvalue weighted by Crippen LogP contribution is 2.40. The third-order valence-corrected chi connectivity index (χ3v) is 6.10. The van der Waals surface area contributed by atoms with Crippen molar-refractivity contribution in [1.29, 1.82) is 0 Å². The van der Waals surface area contributed by atoms with Crippen LogP contribution in [0.3, 0.4) is 0 Å². The lowest BCUT2D eigenvalue weighted by atomic mass is 10.0. The number of phenolic OH excluding ortho intramolecular Hbond substituents is 1. The average Bonchev–Trinajstić information content (AvgIpc) is 3.62. The highest BCUT2D eigenvalue weighted by molar-refractivity contribution is 5.65. The lowest BCUT2D eigenvalue weighted by Gasteiger charge is -2.19. The first-order chi connectivity index (χ1) is 14.7. The third kappa shape index (κ3) is 4.03. The first-order valence-electron chi connectivity index (χ1n) is 10.7. The van der Waals surface area contributed by atoms with Crippen LogP contribution in [-0.2, 0) is 19.4 Å². The molecule has 2 aromatic carbocycles. The summed E-state index contributed by atoms with van der Waals surface area (Å²) in [6.45, 7) is 2.90. The Morgan fingerprint density at radius 1 is 0.967 bits per heavy atom. The Balaban J connectivity index is 1.41. The van der Waals surface area contributed by atoms with Crippen LogP contribution < -0.4 is 4.74 Å². The zero-order valence-electron chi connectivity index (χ0n) is 17.3. The largest absolute Gasteiger partial charge is 0.508 e. The molecule has 30 heavy (non-hydrogen) atoms. The van der Waals surface area contributed by atoms with Crippen molar-refractivity contribution >= 4 is 0 Å². The van der Waals surface area contributed by atoms with Crippen LogP contribution in [0.4, 0.5) is 0 Å². The molecule has 1 fully saturated rings.